The summed E-state index contributed by atoms with van der Waals surface area (Å²) < 4.78 is 41.9. The number of hydrogen-bond acceptors (Lipinski definition) is 14. The Balaban J connectivity index is 0.00000648. The summed E-state index contributed by atoms with van der Waals surface area (Å²) in [5.41, 5.74) is 1.52. The van der Waals surface area contributed by atoms with Crippen LogP contribution in [0.15, 0.2) is 47.6 Å². The maximum atomic E-state index is 14.5. The Kier molecular flexibility index (Phi) is 26.2. The number of allylic oxidation sites excluding steroid dienone is 6. The zero-order valence-corrected chi connectivity index (χ0v) is 46.2. The summed E-state index contributed by atoms with van der Waals surface area (Å²) in [6.07, 6.45) is 12.8. The number of ketones is 3. The number of fused-ring (bicyclic) bond motifs is 4. The molecule has 1 aliphatic carbocycles. The molecular weight excluding hydrogens is 975 g/mol. The van der Waals surface area contributed by atoms with Gasteiger partial charge < -0.3 is 62.6 Å². The van der Waals surface area contributed by atoms with Gasteiger partial charge in [-0.2, -0.15) is 0 Å². The Morgan fingerprint density at radius 2 is 1.60 bits per heavy atom. The molecule has 1 unspecified atom stereocenters. The molecule has 0 aromatic carbocycles. The van der Waals surface area contributed by atoms with Crippen molar-refractivity contribution in [3.05, 3.63) is 62.0 Å². The maximum absolute atomic E-state index is 14.5. The zero-order chi connectivity index (χ0) is 49.7. The van der Waals surface area contributed by atoms with Crippen LogP contribution in [0.3, 0.4) is 0 Å². The first-order valence-corrected chi connectivity index (χ1v) is 24.9. The molecule has 0 spiro atoms. The van der Waals surface area contributed by atoms with Crippen molar-refractivity contribution in [3.8, 4) is 0 Å². The van der Waals surface area contributed by atoms with Crippen molar-refractivity contribution in [3.63, 3.8) is 0 Å². The van der Waals surface area contributed by atoms with Gasteiger partial charge in [0, 0.05) is 97.6 Å². The molecule has 4 aliphatic heterocycles. The number of ether oxygens (including phenoxy) is 7. The first-order chi connectivity index (χ1) is 32.5. The van der Waals surface area contributed by atoms with Crippen LogP contribution in [0.1, 0.15) is 112 Å². The van der Waals surface area contributed by atoms with Gasteiger partial charge >= 0.3 is 5.97 Å². The number of esters is 1. The first-order valence-electron chi connectivity index (χ1n) is 24.9. The fraction of sp³-hybridized carbons (Fsp3) is 0.722. The summed E-state index contributed by atoms with van der Waals surface area (Å²) in [7, 11) is 4.69. The standard InChI is InChI=1S/C53H80NO14.CH3.Y/c1-10-65-48-34(4)18-21-38(56)30-44-41(28-37-20-23-42(66-26-25-55)45(29-37)63-8)40-17-14-24-54(46(40)52(60)67-44)51(59)50(58)53(61)36(6)19-22-39(68-53)31-43(62-7)33(3)16-13-11-12-15-32(2)27-35(5)47(57)49(48)64-9;;/h11-13,15-16,18,32,35-37,39-46,48-49,55,61H,1,10,14,17,19-31H2,2-9H3;1H3;/q2*-1;/b13-11+,15-12+,33-16+,34-18+;;/t32-,35-,36-,37+,39+,40?,41+,42-,43+,44+,45-,46+,48-,49+,53-;;/m1../s1. The van der Waals surface area contributed by atoms with Crippen LogP contribution in [0.5, 0.6) is 0 Å². The van der Waals surface area contributed by atoms with Gasteiger partial charge in [0.25, 0.3) is 11.7 Å². The average Bonchev–Trinajstić information content (AvgIpc) is 3.32. The van der Waals surface area contributed by atoms with Crippen LogP contribution >= 0.6 is 0 Å². The summed E-state index contributed by atoms with van der Waals surface area (Å²) in [6.45, 7) is 13.5. The number of Topliss-reactive ketones (excluding diaryl/α,β-unsaturated/α-hetero) is 3. The normalized spacial score (nSPS) is 39.1. The molecule has 70 heavy (non-hydrogen) atoms. The third kappa shape index (κ3) is 15.6. The molecule has 15 atom stereocenters. The zero-order valence-electron chi connectivity index (χ0n) is 43.4. The number of rotatable bonds is 10. The van der Waals surface area contributed by atoms with Crippen LogP contribution in [0.4, 0.5) is 0 Å². The molecule has 1 amide bonds. The summed E-state index contributed by atoms with van der Waals surface area (Å²) in [5, 5.41) is 21.5. The van der Waals surface area contributed by atoms with E-state index in [-0.39, 0.29) is 127 Å². The van der Waals surface area contributed by atoms with Crippen molar-refractivity contribution in [2.45, 2.75) is 166 Å². The monoisotopic (exact) mass is 1060 g/mol. The number of nitrogens with zero attached hydrogens (tertiary/aromatic N) is 1. The van der Waals surface area contributed by atoms with Gasteiger partial charge in [-0.15, -0.1) is 0 Å². The van der Waals surface area contributed by atoms with Gasteiger partial charge in [0.05, 0.1) is 37.6 Å². The van der Waals surface area contributed by atoms with Crippen molar-refractivity contribution >= 4 is 29.2 Å². The van der Waals surface area contributed by atoms with Crippen molar-refractivity contribution in [1.82, 2.24) is 4.90 Å². The number of carbonyl (C=O) groups is 5. The predicted octanol–water partition coefficient (Wildman–Crippen LogP) is 6.48. The third-order valence-corrected chi connectivity index (χ3v) is 15.2. The van der Waals surface area contributed by atoms with E-state index in [1.54, 1.807) is 34.1 Å². The van der Waals surface area contributed by atoms with E-state index in [0.717, 1.165) is 12.0 Å². The van der Waals surface area contributed by atoms with Gasteiger partial charge in [-0.05, 0) is 101 Å². The van der Waals surface area contributed by atoms with E-state index in [1.165, 1.54) is 12.0 Å². The van der Waals surface area contributed by atoms with E-state index in [1.807, 2.05) is 51.2 Å². The quantitative estimate of drug-likeness (QED) is 0.105. The van der Waals surface area contributed by atoms with Crippen LogP contribution < -0.4 is 0 Å². The summed E-state index contributed by atoms with van der Waals surface area (Å²) in [5.74, 6) is -7.31. The topological polar surface area (TPSA) is 194 Å². The summed E-state index contributed by atoms with van der Waals surface area (Å²) >= 11 is 0. The molecular formula is C54H83NO14Y-2. The van der Waals surface area contributed by atoms with Crippen LogP contribution in [-0.2, 0) is 89.8 Å². The van der Waals surface area contributed by atoms with Gasteiger partial charge in [-0.25, -0.2) is 4.79 Å². The van der Waals surface area contributed by atoms with Gasteiger partial charge in [0.2, 0.25) is 5.79 Å². The average molecular weight is 1060 g/mol. The van der Waals surface area contributed by atoms with Crippen molar-refractivity contribution < 1.29 is 100 Å². The fourth-order valence-electron chi connectivity index (χ4n) is 11.4. The molecule has 2 N–H and O–H groups in total. The third-order valence-electron chi connectivity index (χ3n) is 15.2. The molecule has 16 heteroatoms. The molecule has 15 nitrogen and oxygen atoms in total. The maximum Gasteiger partial charge on any atom is 0.329 e. The van der Waals surface area contributed by atoms with Gasteiger partial charge in [0.15, 0.2) is 5.78 Å². The molecule has 4 fully saturated rings. The molecule has 4 heterocycles. The van der Waals surface area contributed by atoms with Crippen LogP contribution in [0.25, 0.3) is 0 Å². The van der Waals surface area contributed by atoms with E-state index < -0.39 is 71.8 Å². The molecule has 1 saturated carbocycles. The minimum atomic E-state index is -2.43. The molecule has 393 valence electrons. The molecule has 1 radical (unpaired) electrons. The Morgan fingerprint density at radius 3 is 2.27 bits per heavy atom. The molecule has 0 aromatic rings. The van der Waals surface area contributed by atoms with Crippen LogP contribution in [0.2, 0.25) is 0 Å². The minimum Gasteiger partial charge on any atom is -0.460 e. The van der Waals surface area contributed by atoms with Crippen molar-refractivity contribution in [2.24, 2.45) is 35.5 Å². The molecule has 4 bridgehead atoms. The Bertz CT molecular complexity index is 1850. The van der Waals surface area contributed by atoms with E-state index in [9.17, 15) is 34.2 Å². The minimum absolute atomic E-state index is 0. The summed E-state index contributed by atoms with van der Waals surface area (Å²) in [6, 6.07) is -1.11. The molecule has 5 aliphatic rings. The largest absolute Gasteiger partial charge is 0.460 e. The summed E-state index contributed by atoms with van der Waals surface area (Å²) in [4.78, 5) is 72.6. The Labute approximate surface area is 443 Å². The number of hydrogen-bond donors (Lipinski definition) is 2. The number of aliphatic hydroxyl groups excluding tert-OH is 1. The van der Waals surface area contributed by atoms with E-state index in [2.05, 4.69) is 6.92 Å². The molecule has 5 rings (SSSR count). The SMILES string of the molecule is [CH2-]CO[C@@H]1/C(C)=C/CC(=O)C[C@@H]2OC(=O)[C@@H]3C(CCCN3C(=O)C(=O)[C@]3(O)O[C@@H](CC[C@H]3C)C[C@H](OC)/C(C)=C/C=C/C=C/[C@@H](C)C[C@@H](C)C(=O)[C@@H]1OC)[C@@H]2C[C@@H]1CC[C@@H](OCCO)[C@H](OC)C1.[CH3-].[Y]. The smallest absolute Gasteiger partial charge is 0.329 e. The second kappa shape index (κ2) is 29.5. The fourth-order valence-corrected chi connectivity index (χ4v) is 11.4. The molecule has 3 saturated heterocycles. The van der Waals surface area contributed by atoms with Gasteiger partial charge in [0.1, 0.15) is 30.1 Å². The number of aliphatic hydroxyl groups is 2. The van der Waals surface area contributed by atoms with Crippen LogP contribution in [0, 0.1) is 49.9 Å². The van der Waals surface area contributed by atoms with Gasteiger partial charge in [-0.3, -0.25) is 19.2 Å². The predicted molar refractivity (Wildman–Crippen MR) is 260 cm³/mol. The number of carbonyl (C=O) groups excluding carboxylic acids is 5. The van der Waals surface area contributed by atoms with Gasteiger partial charge in [-0.1, -0.05) is 63.8 Å². The number of methoxy groups -OCH3 is 3. The first kappa shape index (κ1) is 62.0. The second-order valence-corrected chi connectivity index (χ2v) is 20.0. The van der Waals surface area contributed by atoms with E-state index >= 15 is 0 Å². The van der Waals surface area contributed by atoms with E-state index in [0.29, 0.717) is 63.4 Å². The Morgan fingerprint density at radius 1 is 0.857 bits per heavy atom. The van der Waals surface area contributed by atoms with Crippen LogP contribution in [-0.4, -0.2) is 147 Å². The number of piperidine rings is 1. The van der Waals surface area contributed by atoms with Crippen molar-refractivity contribution in [1.29, 1.82) is 0 Å². The van der Waals surface area contributed by atoms with E-state index in [4.69, 9.17) is 33.2 Å². The number of amides is 1. The van der Waals surface area contributed by atoms with Crippen molar-refractivity contribution in [2.75, 3.05) is 47.7 Å². The molecule has 0 aromatic heterocycles. The Hall–Kier alpha value is -2.31. The second-order valence-electron chi connectivity index (χ2n) is 20.0.